The Morgan fingerprint density at radius 2 is 1.74 bits per heavy atom. The van der Waals surface area contributed by atoms with Gasteiger partial charge in [0.25, 0.3) is 5.91 Å². The first-order chi connectivity index (χ1) is 18.7. The minimum absolute atomic E-state index is 0.0147. The van der Waals surface area contributed by atoms with E-state index in [1.807, 2.05) is 6.07 Å². The second-order valence-electron chi connectivity index (χ2n) is 10.7. The number of nitrogens with zero attached hydrogens (tertiary/aromatic N) is 4. The molecule has 0 spiro atoms. The third-order valence-corrected chi connectivity index (χ3v) is 8.19. The Balaban J connectivity index is 1.09. The molecule has 3 atom stereocenters. The van der Waals surface area contributed by atoms with Crippen molar-refractivity contribution in [3.63, 3.8) is 0 Å². The average Bonchev–Trinajstić information content (AvgIpc) is 3.19. The first-order valence-corrected chi connectivity index (χ1v) is 13.2. The molecule has 1 N–H and O–H groups in total. The number of piperidine rings is 1. The SMILES string of the molecule is O=C1CCC(N2Cc3cc(OC4CCCC[C@@H]4N4CC(c5ncc(C(F)(F)F)cn5)C4)ccc3C2=O)C(=O)N1. The Bertz CT molecular complexity index is 1300. The monoisotopic (exact) mass is 543 g/mol. The molecule has 1 aromatic heterocycles. The van der Waals surface area contributed by atoms with Gasteiger partial charge in [-0.05, 0) is 49.4 Å². The van der Waals surface area contributed by atoms with E-state index in [1.54, 1.807) is 12.1 Å². The molecule has 0 bridgehead atoms. The number of benzene rings is 1. The summed E-state index contributed by atoms with van der Waals surface area (Å²) in [6.45, 7) is 1.61. The summed E-state index contributed by atoms with van der Waals surface area (Å²) in [6.07, 6.45) is 1.63. The lowest BCUT2D eigenvalue weighted by atomic mass is 9.86. The molecule has 206 valence electrons. The minimum Gasteiger partial charge on any atom is -0.489 e. The van der Waals surface area contributed by atoms with E-state index in [-0.39, 0.29) is 42.8 Å². The zero-order valence-electron chi connectivity index (χ0n) is 21.1. The highest BCUT2D eigenvalue weighted by Crippen LogP contribution is 2.36. The van der Waals surface area contributed by atoms with Gasteiger partial charge in [0.2, 0.25) is 11.8 Å². The molecule has 1 aliphatic carbocycles. The van der Waals surface area contributed by atoms with Crippen LogP contribution < -0.4 is 10.1 Å². The number of rotatable bonds is 5. The van der Waals surface area contributed by atoms with Gasteiger partial charge in [-0.2, -0.15) is 13.2 Å². The van der Waals surface area contributed by atoms with Gasteiger partial charge in [0.15, 0.2) is 0 Å². The van der Waals surface area contributed by atoms with E-state index in [1.165, 1.54) is 4.90 Å². The molecule has 3 amide bonds. The second-order valence-corrected chi connectivity index (χ2v) is 10.7. The number of hydrogen-bond acceptors (Lipinski definition) is 7. The summed E-state index contributed by atoms with van der Waals surface area (Å²) >= 11 is 0. The third kappa shape index (κ3) is 4.97. The topological polar surface area (TPSA) is 105 Å². The quantitative estimate of drug-likeness (QED) is 0.578. The average molecular weight is 544 g/mol. The summed E-state index contributed by atoms with van der Waals surface area (Å²) in [5.41, 5.74) is 0.479. The molecule has 3 aliphatic heterocycles. The van der Waals surface area contributed by atoms with Gasteiger partial charge in [0.1, 0.15) is 23.7 Å². The maximum Gasteiger partial charge on any atom is 0.419 e. The minimum atomic E-state index is -4.45. The third-order valence-electron chi connectivity index (χ3n) is 8.19. The lowest BCUT2D eigenvalue weighted by Crippen LogP contribution is -2.57. The van der Waals surface area contributed by atoms with Crippen molar-refractivity contribution in [3.05, 3.63) is 53.1 Å². The zero-order chi connectivity index (χ0) is 27.3. The summed E-state index contributed by atoms with van der Waals surface area (Å²) in [6, 6.07) is 4.88. The smallest absolute Gasteiger partial charge is 0.419 e. The van der Waals surface area contributed by atoms with E-state index in [4.69, 9.17) is 4.74 Å². The van der Waals surface area contributed by atoms with Crippen LogP contribution in [0, 0.1) is 0 Å². The molecule has 1 aromatic carbocycles. The fraction of sp³-hybridized carbons (Fsp3) is 0.519. The number of aromatic nitrogens is 2. The van der Waals surface area contributed by atoms with E-state index in [2.05, 4.69) is 20.2 Å². The van der Waals surface area contributed by atoms with E-state index in [0.29, 0.717) is 36.6 Å². The van der Waals surface area contributed by atoms with Gasteiger partial charge in [-0.3, -0.25) is 24.6 Å². The van der Waals surface area contributed by atoms with Crippen LogP contribution in [0.5, 0.6) is 5.75 Å². The van der Waals surface area contributed by atoms with Crippen molar-refractivity contribution in [2.24, 2.45) is 0 Å². The van der Waals surface area contributed by atoms with Gasteiger partial charge in [-0.15, -0.1) is 0 Å². The molecule has 3 fully saturated rings. The van der Waals surface area contributed by atoms with E-state index in [0.717, 1.165) is 43.6 Å². The van der Waals surface area contributed by atoms with Gasteiger partial charge in [0.05, 0.1) is 5.56 Å². The maximum atomic E-state index is 13.0. The number of fused-ring (bicyclic) bond motifs is 1. The van der Waals surface area contributed by atoms with Gasteiger partial charge in [-0.25, -0.2) is 9.97 Å². The molecular formula is C27H28F3N5O4. The zero-order valence-corrected chi connectivity index (χ0v) is 21.1. The van der Waals surface area contributed by atoms with Crippen LogP contribution in [-0.4, -0.2) is 68.8 Å². The van der Waals surface area contributed by atoms with Crippen LogP contribution >= 0.6 is 0 Å². The van der Waals surface area contributed by atoms with E-state index < -0.39 is 23.7 Å². The fourth-order valence-electron chi connectivity index (χ4n) is 6.07. The van der Waals surface area contributed by atoms with Crippen LogP contribution in [0.25, 0.3) is 0 Å². The lowest BCUT2D eigenvalue weighted by Gasteiger charge is -2.47. The van der Waals surface area contributed by atoms with Gasteiger partial charge in [-0.1, -0.05) is 6.42 Å². The van der Waals surface area contributed by atoms with Crippen molar-refractivity contribution >= 4 is 17.7 Å². The first kappa shape index (κ1) is 25.7. The second kappa shape index (κ2) is 9.89. The molecule has 9 nitrogen and oxygen atoms in total. The Hall–Kier alpha value is -3.54. The highest BCUT2D eigenvalue weighted by molar-refractivity contribution is 6.05. The molecule has 2 saturated heterocycles. The van der Waals surface area contributed by atoms with Gasteiger partial charge < -0.3 is 9.64 Å². The highest BCUT2D eigenvalue weighted by Gasteiger charge is 2.42. The number of likely N-dealkylation sites (tertiary alicyclic amines) is 1. The lowest BCUT2D eigenvalue weighted by molar-refractivity contribution is -0.138. The van der Waals surface area contributed by atoms with Crippen molar-refractivity contribution in [1.82, 2.24) is 25.1 Å². The number of alkyl halides is 3. The van der Waals surface area contributed by atoms with Crippen LogP contribution in [0.1, 0.15) is 71.8 Å². The fourth-order valence-corrected chi connectivity index (χ4v) is 6.07. The normalized spacial score (nSPS) is 26.3. The van der Waals surface area contributed by atoms with Gasteiger partial charge in [0, 0.05) is 56.0 Å². The Kier molecular flexibility index (Phi) is 6.52. The molecule has 0 radical (unpaired) electrons. The Morgan fingerprint density at radius 3 is 2.46 bits per heavy atom. The summed E-state index contributed by atoms with van der Waals surface area (Å²) in [5.74, 6) is 0.0861. The number of nitrogens with one attached hydrogen (secondary N) is 1. The number of carbonyl (C=O) groups is 3. The summed E-state index contributed by atoms with van der Waals surface area (Å²) < 4.78 is 44.9. The van der Waals surface area contributed by atoms with Crippen LogP contribution in [0.3, 0.4) is 0 Å². The molecule has 4 aliphatic rings. The highest BCUT2D eigenvalue weighted by atomic mass is 19.4. The standard InChI is InChI=1S/C27H28F3N5O4/c28-27(29,30)17-10-31-24(32-11-17)16-12-34(13-16)20-3-1-2-4-22(20)39-18-5-6-19-15(9-18)14-35(26(19)38)21-7-8-23(36)33-25(21)37/h5-6,9-11,16,20-22H,1-4,7-8,12-14H2,(H,33,36,37)/t20-,21?,22?/m0/s1. The first-order valence-electron chi connectivity index (χ1n) is 13.2. The summed E-state index contributed by atoms with van der Waals surface area (Å²) in [5, 5.41) is 2.31. The largest absolute Gasteiger partial charge is 0.489 e. The Labute approximate surface area is 222 Å². The predicted octanol–water partition coefficient (Wildman–Crippen LogP) is 3.05. The van der Waals surface area contributed by atoms with Crippen LogP contribution in [0.2, 0.25) is 0 Å². The molecule has 4 heterocycles. The number of imide groups is 1. The van der Waals surface area contributed by atoms with Crippen molar-refractivity contribution < 1.29 is 32.3 Å². The molecule has 39 heavy (non-hydrogen) atoms. The number of ether oxygens (including phenoxy) is 1. The van der Waals surface area contributed by atoms with Crippen molar-refractivity contribution in [2.75, 3.05) is 13.1 Å². The number of carbonyl (C=O) groups excluding carboxylic acids is 3. The number of halogens is 3. The molecule has 6 rings (SSSR count). The van der Waals surface area contributed by atoms with Crippen LogP contribution in [0.4, 0.5) is 13.2 Å². The van der Waals surface area contributed by atoms with Crippen molar-refractivity contribution in [1.29, 1.82) is 0 Å². The number of hydrogen-bond donors (Lipinski definition) is 1. The van der Waals surface area contributed by atoms with Gasteiger partial charge >= 0.3 is 6.18 Å². The van der Waals surface area contributed by atoms with Crippen LogP contribution in [-0.2, 0) is 22.3 Å². The van der Waals surface area contributed by atoms with E-state index >= 15 is 0 Å². The van der Waals surface area contributed by atoms with E-state index in [9.17, 15) is 27.6 Å². The van der Waals surface area contributed by atoms with Crippen LogP contribution in [0.15, 0.2) is 30.6 Å². The molecule has 2 aromatic rings. The maximum absolute atomic E-state index is 13.0. The number of amides is 3. The molecule has 1 saturated carbocycles. The predicted molar refractivity (Wildman–Crippen MR) is 131 cm³/mol. The van der Waals surface area contributed by atoms with Crippen molar-refractivity contribution in [3.8, 4) is 5.75 Å². The summed E-state index contributed by atoms with van der Waals surface area (Å²) in [4.78, 5) is 48.5. The molecular weight excluding hydrogens is 515 g/mol. The molecule has 12 heteroatoms. The van der Waals surface area contributed by atoms with Crippen molar-refractivity contribution in [2.45, 2.75) is 75.4 Å². The molecule has 2 unspecified atom stereocenters. The Morgan fingerprint density at radius 1 is 1.00 bits per heavy atom. The summed E-state index contributed by atoms with van der Waals surface area (Å²) in [7, 11) is 0.